The zero-order chi connectivity index (χ0) is 20.0. The van der Waals surface area contributed by atoms with Gasteiger partial charge in [0.25, 0.3) is 0 Å². The predicted octanol–water partition coefficient (Wildman–Crippen LogP) is 6.63. The van der Waals surface area contributed by atoms with E-state index in [4.69, 9.17) is 9.84 Å². The van der Waals surface area contributed by atoms with Gasteiger partial charge in [-0.25, -0.2) is 4.79 Å². The van der Waals surface area contributed by atoms with Gasteiger partial charge in [0, 0.05) is 6.61 Å². The zero-order valence-electron chi connectivity index (χ0n) is 19.9. The molecule has 0 aliphatic heterocycles. The number of carboxylic acid groups (broad SMARTS) is 1. The van der Waals surface area contributed by atoms with E-state index in [0.717, 1.165) is 51.4 Å². The molecule has 0 radical (unpaired) electrons. The molecule has 28 heavy (non-hydrogen) atoms. The molecule has 0 saturated carbocycles. The molecule has 0 bridgehead atoms. The van der Waals surface area contributed by atoms with Crippen molar-refractivity contribution in [2.24, 2.45) is 0 Å². The van der Waals surface area contributed by atoms with Crippen molar-refractivity contribution in [2.75, 3.05) is 6.61 Å². The topological polar surface area (TPSA) is 46.5 Å². The summed E-state index contributed by atoms with van der Waals surface area (Å²) in [4.78, 5) is 10.8. The standard InChI is InChI=1S/C24H38O3.Ca.2H/c1-3-5-6-7-8-9-10-11-12-13-14-15-16-17-18-19-20-21-22-27-23(4-2)24(25)26;;;/h5-6,8-9,11-12,14-15,17-18,23H,3-4,7,10,13,16,19-22H2,1-2H3,(H,25,26);;;/q;+2;2*-1. The first-order chi connectivity index (χ1) is 13.2. The summed E-state index contributed by atoms with van der Waals surface area (Å²) in [6, 6.07) is 0. The van der Waals surface area contributed by atoms with Crippen molar-refractivity contribution in [3.63, 3.8) is 0 Å². The molecule has 0 aliphatic carbocycles. The number of carbonyl (C=O) groups is 1. The van der Waals surface area contributed by atoms with Crippen LogP contribution in [0.3, 0.4) is 0 Å². The van der Waals surface area contributed by atoms with E-state index in [0.29, 0.717) is 13.0 Å². The van der Waals surface area contributed by atoms with E-state index in [1.54, 1.807) is 0 Å². The number of carboxylic acids is 1. The molecule has 1 N–H and O–H groups in total. The van der Waals surface area contributed by atoms with E-state index in [-0.39, 0.29) is 40.6 Å². The minimum atomic E-state index is -0.865. The number of aliphatic carboxylic acids is 1. The molecule has 0 heterocycles. The molecule has 0 fully saturated rings. The Hall–Kier alpha value is -0.610. The van der Waals surface area contributed by atoms with E-state index in [1.807, 2.05) is 6.92 Å². The Kier molecular flexibility index (Phi) is 25.8. The molecule has 0 aromatic heterocycles. The molecular weight excluding hydrogens is 376 g/mol. The molecule has 0 aliphatic rings. The van der Waals surface area contributed by atoms with Gasteiger partial charge >= 0.3 is 43.7 Å². The summed E-state index contributed by atoms with van der Waals surface area (Å²) in [5.74, 6) is -0.865. The number of hydrogen-bond donors (Lipinski definition) is 1. The van der Waals surface area contributed by atoms with Crippen LogP contribution in [0.2, 0.25) is 0 Å². The van der Waals surface area contributed by atoms with Gasteiger partial charge in [0.15, 0.2) is 6.10 Å². The van der Waals surface area contributed by atoms with Crippen LogP contribution in [0.4, 0.5) is 0 Å². The number of allylic oxidation sites excluding steroid dienone is 10. The minimum Gasteiger partial charge on any atom is -1.00 e. The maximum absolute atomic E-state index is 10.8. The zero-order valence-corrected chi connectivity index (χ0v) is 20.1. The SMILES string of the molecule is CCC=CCC=CCC=CCC=CCC=CCCCCOC(CC)C(=O)O.[Ca+2].[H-].[H-]. The summed E-state index contributed by atoms with van der Waals surface area (Å²) in [7, 11) is 0. The van der Waals surface area contributed by atoms with Crippen LogP contribution >= 0.6 is 0 Å². The predicted molar refractivity (Wildman–Crippen MR) is 124 cm³/mol. The fraction of sp³-hybridized carbons (Fsp3) is 0.542. The van der Waals surface area contributed by atoms with Crippen molar-refractivity contribution in [3.8, 4) is 0 Å². The van der Waals surface area contributed by atoms with Crippen molar-refractivity contribution < 1.29 is 17.5 Å². The van der Waals surface area contributed by atoms with Gasteiger partial charge in [0.05, 0.1) is 0 Å². The van der Waals surface area contributed by atoms with Crippen LogP contribution in [0, 0.1) is 0 Å². The summed E-state index contributed by atoms with van der Waals surface area (Å²) in [5, 5.41) is 8.87. The average molecular weight is 417 g/mol. The molecule has 3 nitrogen and oxygen atoms in total. The van der Waals surface area contributed by atoms with Crippen LogP contribution in [-0.4, -0.2) is 61.5 Å². The van der Waals surface area contributed by atoms with Crippen molar-refractivity contribution in [3.05, 3.63) is 60.8 Å². The number of hydrogen-bond acceptors (Lipinski definition) is 2. The van der Waals surface area contributed by atoms with Crippen molar-refractivity contribution in [1.29, 1.82) is 0 Å². The molecule has 0 aromatic carbocycles. The maximum Gasteiger partial charge on any atom is 2.00 e. The van der Waals surface area contributed by atoms with Gasteiger partial charge in [-0.3, -0.25) is 0 Å². The molecular formula is C24H40CaO3. The Balaban J connectivity index is -0.00000113. The van der Waals surface area contributed by atoms with Gasteiger partial charge in [-0.1, -0.05) is 74.6 Å². The van der Waals surface area contributed by atoms with Gasteiger partial charge in [0.1, 0.15) is 0 Å². The summed E-state index contributed by atoms with van der Waals surface area (Å²) >= 11 is 0. The van der Waals surface area contributed by atoms with Gasteiger partial charge < -0.3 is 12.7 Å². The van der Waals surface area contributed by atoms with Crippen LogP contribution in [0.5, 0.6) is 0 Å². The molecule has 0 rings (SSSR count). The number of ether oxygens (including phenoxy) is 1. The third-order valence-corrected chi connectivity index (χ3v) is 3.89. The van der Waals surface area contributed by atoms with Crippen LogP contribution in [0.1, 0.15) is 74.5 Å². The van der Waals surface area contributed by atoms with E-state index in [9.17, 15) is 4.79 Å². The van der Waals surface area contributed by atoms with Crippen molar-refractivity contribution in [1.82, 2.24) is 0 Å². The van der Waals surface area contributed by atoms with E-state index in [1.165, 1.54) is 0 Å². The summed E-state index contributed by atoms with van der Waals surface area (Å²) in [5.41, 5.74) is 0. The first kappa shape index (κ1) is 29.6. The molecule has 156 valence electrons. The smallest absolute Gasteiger partial charge is 1.00 e. The maximum atomic E-state index is 10.8. The van der Waals surface area contributed by atoms with Crippen molar-refractivity contribution in [2.45, 2.75) is 77.7 Å². The summed E-state index contributed by atoms with van der Waals surface area (Å²) < 4.78 is 5.33. The van der Waals surface area contributed by atoms with E-state index < -0.39 is 12.1 Å². The minimum absolute atomic E-state index is 0. The fourth-order valence-electron chi connectivity index (χ4n) is 2.32. The fourth-order valence-corrected chi connectivity index (χ4v) is 2.32. The Labute approximate surface area is 205 Å². The van der Waals surface area contributed by atoms with E-state index in [2.05, 4.69) is 67.7 Å². The average Bonchev–Trinajstić information content (AvgIpc) is 2.66. The van der Waals surface area contributed by atoms with Gasteiger partial charge in [-0.05, 0) is 57.8 Å². The second-order valence-electron chi connectivity index (χ2n) is 6.31. The first-order valence-electron chi connectivity index (χ1n) is 10.3. The van der Waals surface area contributed by atoms with Crippen LogP contribution < -0.4 is 0 Å². The molecule has 1 unspecified atom stereocenters. The Morgan fingerprint density at radius 1 is 0.821 bits per heavy atom. The normalized spacial score (nSPS) is 13.4. The Bertz CT molecular complexity index is 501. The monoisotopic (exact) mass is 416 g/mol. The third kappa shape index (κ3) is 21.7. The van der Waals surface area contributed by atoms with Crippen LogP contribution in [0.25, 0.3) is 0 Å². The molecule has 0 aromatic rings. The van der Waals surface area contributed by atoms with E-state index >= 15 is 0 Å². The van der Waals surface area contributed by atoms with Crippen molar-refractivity contribution >= 4 is 43.7 Å². The van der Waals surface area contributed by atoms with Crippen LogP contribution in [0.15, 0.2) is 60.8 Å². The Morgan fingerprint density at radius 3 is 1.71 bits per heavy atom. The second-order valence-corrected chi connectivity index (χ2v) is 6.31. The van der Waals surface area contributed by atoms with Gasteiger partial charge in [-0.15, -0.1) is 0 Å². The third-order valence-electron chi connectivity index (χ3n) is 3.89. The first-order valence-corrected chi connectivity index (χ1v) is 10.3. The second kappa shape index (κ2) is 24.4. The molecule has 0 saturated heterocycles. The van der Waals surface area contributed by atoms with Gasteiger partial charge in [0.2, 0.25) is 0 Å². The van der Waals surface area contributed by atoms with Crippen LogP contribution in [-0.2, 0) is 9.53 Å². The number of rotatable bonds is 17. The molecule has 0 amide bonds. The summed E-state index contributed by atoms with van der Waals surface area (Å²) in [6.07, 6.45) is 29.9. The summed E-state index contributed by atoms with van der Waals surface area (Å²) in [6.45, 7) is 4.50. The molecule has 0 spiro atoms. The largest absolute Gasteiger partial charge is 2.00 e. The van der Waals surface area contributed by atoms with Gasteiger partial charge in [-0.2, -0.15) is 0 Å². The molecule has 4 heteroatoms. The number of unbranched alkanes of at least 4 members (excludes halogenated alkanes) is 2. The molecule has 1 atom stereocenters. The quantitative estimate of drug-likeness (QED) is 0.164. The Morgan fingerprint density at radius 2 is 1.29 bits per heavy atom.